The van der Waals surface area contributed by atoms with Crippen LogP contribution in [0.4, 0.5) is 4.39 Å². The van der Waals surface area contributed by atoms with Crippen molar-refractivity contribution in [1.29, 1.82) is 0 Å². The quantitative estimate of drug-likeness (QED) is 0.0839. The number of likely N-dealkylation sites (N-methyl/N-ethyl adjacent to an activating group) is 2. The number of hydrogen-bond donors (Lipinski definition) is 5. The highest BCUT2D eigenvalue weighted by atomic mass is 19.1. The molecule has 1 aromatic heterocycles. The van der Waals surface area contributed by atoms with Gasteiger partial charge in [-0.25, -0.2) is 9.07 Å². The van der Waals surface area contributed by atoms with Crippen LogP contribution in [0, 0.1) is 17.8 Å². The number of aromatic nitrogens is 3. The number of carbonyl (C=O) groups excluding carboxylic acids is 1. The Morgan fingerprint density at radius 3 is 2.25 bits per heavy atom. The van der Waals surface area contributed by atoms with Crippen LogP contribution in [0.2, 0.25) is 0 Å². The standard InChI is InChI=1S/C54H91FN6O14/c1-17-42-54(11,67)47(63)35(7)60(13)28-30(2)25-52(9,66)49(32(4)45(33(5)50(65)73-42)74-43-26-53(10,69-15)48(64)36(8)72-43)75-51-44(62)40(24-31(3)71-51)59(12)23-22-39-29-61(58-56-39)41(27-55)46(68-14)38-20-18-37(19-21-38)34(6)57-70-16/h18-21,29-33,35-36,40-49,51,62-64,66-67H,17,22-28H2,1-16H3/b57-34+/t30-,31-,32+,33-,35-,36+,40+,41-,42-,43+,44-,45+,46-,47-,48+,49-,51+,52-,53-,54-/m1/s1. The number of esters is 1. The molecule has 428 valence electrons. The number of aliphatic hydroxyl groups is 5. The summed E-state index contributed by atoms with van der Waals surface area (Å²) in [7, 11) is 8.21. The number of carbonyl (C=O) groups is 1. The summed E-state index contributed by atoms with van der Waals surface area (Å²) in [5.74, 6) is -2.89. The van der Waals surface area contributed by atoms with E-state index < -0.39 is 127 Å². The minimum atomic E-state index is -1.85. The van der Waals surface area contributed by atoms with Gasteiger partial charge in [-0.15, -0.1) is 5.10 Å². The molecule has 2 aromatic rings. The zero-order valence-corrected chi connectivity index (χ0v) is 47.3. The van der Waals surface area contributed by atoms with Crippen molar-refractivity contribution < 1.29 is 72.7 Å². The van der Waals surface area contributed by atoms with Gasteiger partial charge in [0.25, 0.3) is 0 Å². The topological polar surface area (TPSA) is 242 Å². The number of methoxy groups -OCH3 is 2. The average molecular weight is 1070 g/mol. The lowest BCUT2D eigenvalue weighted by atomic mass is 9.77. The lowest BCUT2D eigenvalue weighted by Gasteiger charge is -2.49. The normalized spacial score (nSPS) is 39.1. The van der Waals surface area contributed by atoms with Gasteiger partial charge in [-0.05, 0) is 106 Å². The molecule has 3 aliphatic rings. The molecule has 3 aliphatic heterocycles. The molecule has 0 bridgehead atoms. The molecular formula is C54H91FN6O14. The molecule has 20 nitrogen and oxygen atoms in total. The van der Waals surface area contributed by atoms with Crippen LogP contribution in [0.25, 0.3) is 0 Å². The van der Waals surface area contributed by atoms with Gasteiger partial charge in [-0.2, -0.15) is 0 Å². The van der Waals surface area contributed by atoms with Gasteiger partial charge >= 0.3 is 5.97 Å². The number of nitrogens with zero attached hydrogens (tertiary/aromatic N) is 6. The maximum Gasteiger partial charge on any atom is 0.311 e. The minimum absolute atomic E-state index is 0.0820. The fourth-order valence-corrected chi connectivity index (χ4v) is 11.6. The highest BCUT2D eigenvalue weighted by Crippen LogP contribution is 2.41. The first-order valence-electron chi connectivity index (χ1n) is 26.6. The third-order valence-corrected chi connectivity index (χ3v) is 16.4. The van der Waals surface area contributed by atoms with Gasteiger partial charge < -0.3 is 73.3 Å². The number of ether oxygens (including phenoxy) is 7. The number of oxime groups is 1. The summed E-state index contributed by atoms with van der Waals surface area (Å²) in [5.41, 5.74) is -1.70. The molecule has 4 heterocycles. The summed E-state index contributed by atoms with van der Waals surface area (Å²) in [6, 6.07) is 5.57. The lowest BCUT2D eigenvalue weighted by Crippen LogP contribution is -2.61. The first-order chi connectivity index (χ1) is 35.2. The van der Waals surface area contributed by atoms with Gasteiger partial charge in [0.15, 0.2) is 12.6 Å². The Morgan fingerprint density at radius 1 is 0.987 bits per heavy atom. The van der Waals surface area contributed by atoms with Crippen molar-refractivity contribution in [2.75, 3.05) is 55.2 Å². The first-order valence-corrected chi connectivity index (χ1v) is 26.6. The minimum Gasteiger partial charge on any atom is -0.459 e. The predicted molar refractivity (Wildman–Crippen MR) is 277 cm³/mol. The molecule has 0 saturated carbocycles. The van der Waals surface area contributed by atoms with Gasteiger partial charge in [-0.3, -0.25) is 4.79 Å². The van der Waals surface area contributed by atoms with Crippen LogP contribution in [0.3, 0.4) is 0 Å². The van der Waals surface area contributed by atoms with Crippen LogP contribution >= 0.6 is 0 Å². The second kappa shape index (κ2) is 26.6. The molecule has 5 rings (SSSR count). The van der Waals surface area contributed by atoms with Gasteiger partial charge in [0, 0.05) is 64.3 Å². The Bertz CT molecular complexity index is 2120. The van der Waals surface area contributed by atoms with Gasteiger partial charge in [-0.1, -0.05) is 55.4 Å². The van der Waals surface area contributed by atoms with E-state index in [0.717, 1.165) is 11.1 Å². The monoisotopic (exact) mass is 1070 g/mol. The number of benzene rings is 1. The molecule has 5 N–H and O–H groups in total. The van der Waals surface area contributed by atoms with Crippen molar-refractivity contribution >= 4 is 11.7 Å². The van der Waals surface area contributed by atoms with Crippen molar-refractivity contribution in [2.45, 2.75) is 211 Å². The molecule has 0 radical (unpaired) electrons. The lowest BCUT2D eigenvalue weighted by molar-refractivity contribution is -0.318. The Morgan fingerprint density at radius 2 is 1.65 bits per heavy atom. The number of rotatable bonds is 17. The fourth-order valence-electron chi connectivity index (χ4n) is 11.6. The van der Waals surface area contributed by atoms with Crippen molar-refractivity contribution in [3.8, 4) is 0 Å². The molecule has 21 heteroatoms. The summed E-state index contributed by atoms with van der Waals surface area (Å²) in [6.07, 6.45) is -8.06. The van der Waals surface area contributed by atoms with Crippen LogP contribution in [0.15, 0.2) is 35.6 Å². The Hall–Kier alpha value is -3.29. The second-order valence-corrected chi connectivity index (χ2v) is 22.5. The van der Waals surface area contributed by atoms with Crippen LogP contribution in [0.1, 0.15) is 131 Å². The van der Waals surface area contributed by atoms with Crippen LogP contribution in [-0.2, 0) is 49.2 Å². The molecule has 0 aliphatic carbocycles. The fraction of sp³-hybridized carbons (Fsp3) is 0.815. The molecule has 20 atom stereocenters. The summed E-state index contributed by atoms with van der Waals surface area (Å²) in [5, 5.41) is 72.5. The highest BCUT2D eigenvalue weighted by molar-refractivity contribution is 5.98. The maximum atomic E-state index is 14.9. The van der Waals surface area contributed by atoms with Crippen molar-refractivity contribution in [1.82, 2.24) is 24.8 Å². The second-order valence-electron chi connectivity index (χ2n) is 22.5. The Labute approximate surface area is 444 Å². The summed E-state index contributed by atoms with van der Waals surface area (Å²) in [6.45, 7) is 19.3. The van der Waals surface area contributed by atoms with E-state index in [1.54, 1.807) is 54.7 Å². The van der Waals surface area contributed by atoms with E-state index in [4.69, 9.17) is 38.0 Å². The average Bonchev–Trinajstić information content (AvgIpc) is 3.84. The van der Waals surface area contributed by atoms with Crippen LogP contribution in [0.5, 0.6) is 0 Å². The van der Waals surface area contributed by atoms with Crippen LogP contribution in [-0.4, -0.2) is 207 Å². The van der Waals surface area contributed by atoms with E-state index in [1.165, 1.54) is 32.9 Å². The molecule has 3 saturated heterocycles. The number of cyclic esters (lactones) is 1. The zero-order chi connectivity index (χ0) is 55.9. The van der Waals surface area contributed by atoms with E-state index in [2.05, 4.69) is 15.5 Å². The summed E-state index contributed by atoms with van der Waals surface area (Å²) < 4.78 is 60.5. The third-order valence-electron chi connectivity index (χ3n) is 16.4. The third kappa shape index (κ3) is 14.7. The van der Waals surface area contributed by atoms with Gasteiger partial charge in [0.1, 0.15) is 55.9 Å². The molecule has 3 fully saturated rings. The summed E-state index contributed by atoms with van der Waals surface area (Å²) >= 11 is 0. The molecule has 0 unspecified atom stereocenters. The first kappa shape index (κ1) is 62.6. The van der Waals surface area contributed by atoms with Gasteiger partial charge in [0.2, 0.25) is 0 Å². The number of hydrogen-bond acceptors (Lipinski definition) is 19. The van der Waals surface area contributed by atoms with E-state index in [-0.39, 0.29) is 25.2 Å². The predicted octanol–water partition coefficient (Wildman–Crippen LogP) is 4.37. The number of halogens is 1. The zero-order valence-electron chi connectivity index (χ0n) is 47.3. The van der Waals surface area contributed by atoms with Gasteiger partial charge in [0.05, 0.1) is 52.9 Å². The molecular weight excluding hydrogens is 976 g/mol. The van der Waals surface area contributed by atoms with Crippen molar-refractivity contribution in [3.05, 3.63) is 47.3 Å². The molecule has 1 aromatic carbocycles. The van der Waals surface area contributed by atoms with Crippen molar-refractivity contribution in [2.24, 2.45) is 22.9 Å². The molecule has 75 heavy (non-hydrogen) atoms. The maximum absolute atomic E-state index is 14.9. The largest absolute Gasteiger partial charge is 0.459 e. The number of alkyl halides is 1. The SMILES string of the molecule is CC[C@H]1OC(=O)[C@H](C)[C@@H](O[C@H]2C[C@@](C)(OC)[C@@H](O)[C@H](C)O2)[C@H](C)[C@@H](O[C@@H]2O[C@H](C)C[C@H](N(C)CCc3cn([C@H](CF)[C@H](OC)c4ccc(/C(C)=N/OC)cc4)nn3)[C@H]2O)[C@](C)(O)C[C@@H](C)CN(C)[C@H](C)[C@@H](O)[C@]1(C)O. The molecule has 0 amide bonds. The summed E-state index contributed by atoms with van der Waals surface area (Å²) in [4.78, 5) is 23.3. The van der Waals surface area contributed by atoms with Crippen LogP contribution < -0.4 is 0 Å². The van der Waals surface area contributed by atoms with E-state index in [9.17, 15) is 34.7 Å². The smallest absolute Gasteiger partial charge is 0.311 e. The highest BCUT2D eigenvalue weighted by Gasteiger charge is 2.53. The van der Waals surface area contributed by atoms with E-state index in [1.807, 2.05) is 68.9 Å². The Balaban J connectivity index is 1.43. The van der Waals surface area contributed by atoms with Crippen molar-refractivity contribution in [3.63, 3.8) is 0 Å². The number of aliphatic hydroxyl groups excluding tert-OH is 3. The van der Waals surface area contributed by atoms with E-state index in [0.29, 0.717) is 37.3 Å². The molecule has 0 spiro atoms. The van der Waals surface area contributed by atoms with E-state index >= 15 is 0 Å². The Kier molecular flexibility index (Phi) is 22.2.